The highest BCUT2D eigenvalue weighted by Gasteiger charge is 2.16. The van der Waals surface area contributed by atoms with E-state index in [-0.39, 0.29) is 12.6 Å². The summed E-state index contributed by atoms with van der Waals surface area (Å²) in [5.74, 6) is 0.618. The first-order chi connectivity index (χ1) is 13.1. The summed E-state index contributed by atoms with van der Waals surface area (Å²) in [5.41, 5.74) is 1.89. The van der Waals surface area contributed by atoms with Gasteiger partial charge >= 0.3 is 5.97 Å². The van der Waals surface area contributed by atoms with E-state index in [2.05, 4.69) is 17.9 Å². The smallest absolute Gasteiger partial charge is 0.332 e. The first-order valence-electron chi connectivity index (χ1n) is 9.99. The lowest BCUT2D eigenvalue weighted by atomic mass is 10.0. The summed E-state index contributed by atoms with van der Waals surface area (Å²) in [6.07, 6.45) is 4.76. The first-order valence-corrected chi connectivity index (χ1v) is 10.4. The number of hydrogen-bond acceptors (Lipinski definition) is 6. The zero-order valence-corrected chi connectivity index (χ0v) is 19.2. The summed E-state index contributed by atoms with van der Waals surface area (Å²) in [6, 6.07) is 4.52. The molecule has 6 heteroatoms. The van der Waals surface area contributed by atoms with E-state index in [1.54, 1.807) is 7.11 Å². The summed E-state index contributed by atoms with van der Waals surface area (Å²) in [5, 5.41) is 3.45. The maximum absolute atomic E-state index is 11.3. The lowest BCUT2D eigenvalue weighted by Gasteiger charge is -2.23. The molecule has 5 nitrogen and oxygen atoms in total. The van der Waals surface area contributed by atoms with E-state index in [9.17, 15) is 4.79 Å². The monoisotopic (exact) mass is 411 g/mol. The fourth-order valence-electron chi connectivity index (χ4n) is 2.96. The number of rotatable bonds is 6. The number of thiol groups is 1. The molecule has 1 aromatic rings. The van der Waals surface area contributed by atoms with E-state index >= 15 is 0 Å². The topological polar surface area (TPSA) is 56.8 Å². The molecule has 1 saturated heterocycles. The quantitative estimate of drug-likeness (QED) is 0.411. The molecule has 28 heavy (non-hydrogen) atoms. The van der Waals surface area contributed by atoms with Crippen molar-refractivity contribution in [2.24, 2.45) is 0 Å². The van der Waals surface area contributed by atoms with Crippen molar-refractivity contribution in [2.45, 2.75) is 76.8 Å². The summed E-state index contributed by atoms with van der Waals surface area (Å²) in [7, 11) is 1.67. The molecular weight excluding hydrogens is 374 g/mol. The predicted molar refractivity (Wildman–Crippen MR) is 117 cm³/mol. The number of methoxy groups -OCH3 is 1. The van der Waals surface area contributed by atoms with E-state index in [0.29, 0.717) is 12.6 Å². The average molecular weight is 412 g/mol. The van der Waals surface area contributed by atoms with Crippen molar-refractivity contribution in [2.75, 3.05) is 26.9 Å². The minimum atomic E-state index is -0.425. The van der Waals surface area contributed by atoms with Crippen LogP contribution in [0, 0.1) is 13.8 Å². The van der Waals surface area contributed by atoms with Crippen LogP contribution in [0.2, 0.25) is 0 Å². The highest BCUT2D eigenvalue weighted by atomic mass is 32.1. The van der Waals surface area contributed by atoms with Crippen molar-refractivity contribution in [3.05, 3.63) is 23.3 Å². The number of benzene rings is 1. The summed E-state index contributed by atoms with van der Waals surface area (Å²) in [6.45, 7) is 11.4. The van der Waals surface area contributed by atoms with Crippen LogP contribution < -0.4 is 10.1 Å². The van der Waals surface area contributed by atoms with Crippen molar-refractivity contribution < 1.29 is 19.0 Å². The molecule has 0 bridgehead atoms. The molecule has 1 aliphatic rings. The number of aryl methyl sites for hydroxylation is 2. The zero-order chi connectivity index (χ0) is 21.2. The van der Waals surface area contributed by atoms with Gasteiger partial charge in [0.25, 0.3) is 0 Å². The van der Waals surface area contributed by atoms with Crippen molar-refractivity contribution >= 4 is 18.6 Å². The summed E-state index contributed by atoms with van der Waals surface area (Å²) in [4.78, 5) is 12.4. The Morgan fingerprint density at radius 1 is 1.21 bits per heavy atom. The number of esters is 1. The minimum absolute atomic E-state index is 0.0595. The molecule has 160 valence electrons. The lowest BCUT2D eigenvalue weighted by Crippen LogP contribution is -2.35. The van der Waals surface area contributed by atoms with E-state index in [4.69, 9.17) is 14.2 Å². The summed E-state index contributed by atoms with van der Waals surface area (Å²) >= 11 is 4.34. The maximum atomic E-state index is 11.3. The van der Waals surface area contributed by atoms with Gasteiger partial charge in [0.05, 0.1) is 7.11 Å². The van der Waals surface area contributed by atoms with Gasteiger partial charge in [0.15, 0.2) is 0 Å². The highest BCUT2D eigenvalue weighted by molar-refractivity contribution is 7.80. The maximum Gasteiger partial charge on any atom is 0.332 e. The second kappa shape index (κ2) is 12.3. The Bertz CT molecular complexity index is 584. The fraction of sp³-hybridized carbons (Fsp3) is 0.682. The largest absolute Gasteiger partial charge is 0.497 e. The zero-order valence-electron chi connectivity index (χ0n) is 18.3. The van der Waals surface area contributed by atoms with Gasteiger partial charge in [-0.2, -0.15) is 0 Å². The van der Waals surface area contributed by atoms with E-state index in [1.807, 2.05) is 46.8 Å². The van der Waals surface area contributed by atoms with Gasteiger partial charge in [-0.3, -0.25) is 0 Å². The number of carbonyl (C=O) groups excluding carboxylic acids is 1. The molecule has 1 N–H and O–H groups in total. The van der Waals surface area contributed by atoms with Crippen LogP contribution >= 0.6 is 12.6 Å². The molecular formula is C22H37NO4S. The Morgan fingerprint density at radius 3 is 2.36 bits per heavy atom. The van der Waals surface area contributed by atoms with Crippen LogP contribution in [0.4, 0.5) is 0 Å². The Labute approximate surface area is 175 Å². The number of piperidine rings is 1. The molecule has 0 spiro atoms. The van der Waals surface area contributed by atoms with Crippen LogP contribution in [0.5, 0.6) is 5.75 Å². The molecule has 1 heterocycles. The van der Waals surface area contributed by atoms with Gasteiger partial charge in [-0.05, 0) is 83.7 Å². The Balaban J connectivity index is 0.000000307. The van der Waals surface area contributed by atoms with Crippen LogP contribution in [0.3, 0.4) is 0 Å². The van der Waals surface area contributed by atoms with Crippen LogP contribution in [0.15, 0.2) is 17.0 Å². The molecule has 1 unspecified atom stereocenters. The third-order valence-corrected chi connectivity index (χ3v) is 5.07. The van der Waals surface area contributed by atoms with Gasteiger partial charge in [0.1, 0.15) is 18.0 Å². The van der Waals surface area contributed by atoms with Gasteiger partial charge in [-0.15, -0.1) is 12.6 Å². The molecule has 0 amide bonds. The van der Waals surface area contributed by atoms with Gasteiger partial charge in [0, 0.05) is 17.5 Å². The Hall–Kier alpha value is -1.24. The predicted octanol–water partition coefficient (Wildman–Crippen LogP) is 4.48. The first kappa shape index (κ1) is 24.8. The Morgan fingerprint density at radius 2 is 1.86 bits per heavy atom. The Kier molecular flexibility index (Phi) is 10.9. The molecule has 0 radical (unpaired) electrons. The lowest BCUT2D eigenvalue weighted by molar-refractivity contribution is -0.160. The third-order valence-electron chi connectivity index (χ3n) is 4.36. The van der Waals surface area contributed by atoms with Gasteiger partial charge < -0.3 is 19.5 Å². The standard InChI is InChI=1S/C13H25NO3.C9H12OS/c1-13(2,3)17-12(15)10-16-9-7-11-6-4-5-8-14-11;1-6-4-8(10-3)5-7(2)9(6)11/h11,14H,4-10H2,1-3H3;4-5,11H,1-3H3. The summed E-state index contributed by atoms with van der Waals surface area (Å²) < 4.78 is 15.6. The second-order valence-electron chi connectivity index (χ2n) is 8.18. The number of hydrogen-bond donors (Lipinski definition) is 2. The molecule has 1 aliphatic heterocycles. The van der Waals surface area contributed by atoms with Gasteiger partial charge in [-0.25, -0.2) is 4.79 Å². The number of ether oxygens (including phenoxy) is 3. The highest BCUT2D eigenvalue weighted by Crippen LogP contribution is 2.23. The van der Waals surface area contributed by atoms with E-state index < -0.39 is 5.60 Å². The second-order valence-corrected chi connectivity index (χ2v) is 8.63. The van der Waals surface area contributed by atoms with Gasteiger partial charge in [-0.1, -0.05) is 6.42 Å². The molecule has 1 fully saturated rings. The van der Waals surface area contributed by atoms with Crippen molar-refractivity contribution in [3.8, 4) is 5.75 Å². The normalized spacial score (nSPS) is 16.8. The van der Waals surface area contributed by atoms with Crippen LogP contribution in [-0.2, 0) is 14.3 Å². The van der Waals surface area contributed by atoms with Gasteiger partial charge in [0.2, 0.25) is 0 Å². The SMILES string of the molecule is CC(C)(C)OC(=O)COCCC1CCCCN1.COc1cc(C)c(S)c(C)c1. The molecule has 0 aromatic heterocycles. The molecule has 0 aliphatic carbocycles. The van der Waals surface area contributed by atoms with Crippen LogP contribution in [-0.4, -0.2) is 44.5 Å². The molecule has 0 saturated carbocycles. The number of nitrogens with one attached hydrogen (secondary N) is 1. The number of carbonyl (C=O) groups is 1. The average Bonchev–Trinajstić information content (AvgIpc) is 2.63. The van der Waals surface area contributed by atoms with Crippen molar-refractivity contribution in [1.82, 2.24) is 5.32 Å². The van der Waals surface area contributed by atoms with Crippen LogP contribution in [0.1, 0.15) is 57.6 Å². The third kappa shape index (κ3) is 10.3. The molecule has 1 atom stereocenters. The van der Waals surface area contributed by atoms with Crippen molar-refractivity contribution in [3.63, 3.8) is 0 Å². The van der Waals surface area contributed by atoms with E-state index in [0.717, 1.165) is 34.7 Å². The molecule has 2 rings (SSSR count). The minimum Gasteiger partial charge on any atom is -0.497 e. The van der Waals surface area contributed by atoms with Crippen LogP contribution in [0.25, 0.3) is 0 Å². The van der Waals surface area contributed by atoms with Crippen molar-refractivity contribution in [1.29, 1.82) is 0 Å². The fourth-order valence-corrected chi connectivity index (χ4v) is 3.09. The molecule has 1 aromatic carbocycles. The van der Waals surface area contributed by atoms with E-state index in [1.165, 1.54) is 19.3 Å².